The van der Waals surface area contributed by atoms with Gasteiger partial charge in [-0.3, -0.25) is 0 Å². The fraction of sp³-hybridized carbons (Fsp3) is 0.714. The average Bonchev–Trinajstić information content (AvgIpc) is 2.96. The number of thiophene rings is 1. The molecule has 6 heteroatoms. The van der Waals surface area contributed by atoms with Crippen molar-refractivity contribution in [2.75, 3.05) is 13.2 Å². The minimum Gasteiger partial charge on any atom is -0.380 e. The Hall–Kier alpha value is -0.430. The maximum Gasteiger partial charge on any atom is 0.217 e. The molecule has 0 radical (unpaired) electrons. The summed E-state index contributed by atoms with van der Waals surface area (Å²) in [5.74, 6) is 0.208. The highest BCUT2D eigenvalue weighted by atomic mass is 32.2. The molecule has 0 unspecified atom stereocenters. The molecule has 20 heavy (non-hydrogen) atoms. The Bertz CT molecular complexity index is 557. The topological polar surface area (TPSA) is 55.4 Å². The van der Waals surface area contributed by atoms with E-state index < -0.39 is 15.3 Å². The predicted molar refractivity (Wildman–Crippen MR) is 82.7 cm³/mol. The molecule has 4 nitrogen and oxygen atoms in total. The van der Waals surface area contributed by atoms with Crippen molar-refractivity contribution < 1.29 is 13.2 Å². The van der Waals surface area contributed by atoms with Gasteiger partial charge in [0.15, 0.2) is 0 Å². The minimum atomic E-state index is -3.33. The number of sulfonamides is 1. The number of hydrogen-bond donors (Lipinski definition) is 1. The molecule has 114 valence electrons. The van der Waals surface area contributed by atoms with Crippen LogP contribution in [-0.2, 0) is 14.8 Å². The van der Waals surface area contributed by atoms with Crippen LogP contribution in [0.1, 0.15) is 41.6 Å². The van der Waals surface area contributed by atoms with Gasteiger partial charge in [-0.15, -0.1) is 11.3 Å². The van der Waals surface area contributed by atoms with Crippen LogP contribution < -0.4 is 4.72 Å². The molecule has 1 saturated heterocycles. The quantitative estimate of drug-likeness (QED) is 0.908. The number of nitrogens with one attached hydrogen (secondary N) is 1. The summed E-state index contributed by atoms with van der Waals surface area (Å²) in [4.78, 5) is 2.40. The number of ether oxygens (including phenoxy) is 1. The van der Waals surface area contributed by atoms with E-state index in [0.29, 0.717) is 19.6 Å². The lowest BCUT2D eigenvalue weighted by atomic mass is 9.97. The van der Waals surface area contributed by atoms with Gasteiger partial charge >= 0.3 is 0 Å². The molecule has 0 amide bonds. The molecule has 0 spiro atoms. The largest absolute Gasteiger partial charge is 0.380 e. The second kappa shape index (κ2) is 6.13. The highest BCUT2D eigenvalue weighted by Gasteiger charge is 2.33. The zero-order valence-corrected chi connectivity index (χ0v) is 14.1. The maximum atomic E-state index is 12.5. The molecule has 0 bridgehead atoms. The van der Waals surface area contributed by atoms with Crippen LogP contribution in [0.5, 0.6) is 0 Å². The fourth-order valence-electron chi connectivity index (χ4n) is 2.55. The van der Waals surface area contributed by atoms with Crippen LogP contribution in [0.15, 0.2) is 6.07 Å². The zero-order chi connectivity index (χ0) is 14.9. The zero-order valence-electron chi connectivity index (χ0n) is 12.5. The summed E-state index contributed by atoms with van der Waals surface area (Å²) >= 11 is 1.71. The van der Waals surface area contributed by atoms with Crippen LogP contribution >= 0.6 is 11.3 Å². The fourth-order valence-corrected chi connectivity index (χ4v) is 5.15. The molecule has 1 aliphatic heterocycles. The third-order valence-corrected chi connectivity index (χ3v) is 6.51. The average molecular weight is 317 g/mol. The van der Waals surface area contributed by atoms with E-state index in [2.05, 4.69) is 24.6 Å². The van der Waals surface area contributed by atoms with Crippen LogP contribution in [0.4, 0.5) is 0 Å². The Morgan fingerprint density at radius 1 is 1.40 bits per heavy atom. The standard InChI is InChI=1S/C14H23NO3S2/c1-9(2)14(13-7-10(3)19-11(13)4)15-20(16,17)12-5-6-18-8-12/h7,9,12,14-15H,5-6,8H2,1-4H3/t12-,14+/m0/s1. The molecule has 1 N–H and O–H groups in total. The minimum absolute atomic E-state index is 0.162. The molecule has 0 aromatic carbocycles. The van der Waals surface area contributed by atoms with Crippen molar-refractivity contribution in [2.24, 2.45) is 5.92 Å². The van der Waals surface area contributed by atoms with Crippen LogP contribution in [0.3, 0.4) is 0 Å². The van der Waals surface area contributed by atoms with Gasteiger partial charge in [-0.25, -0.2) is 13.1 Å². The van der Waals surface area contributed by atoms with E-state index >= 15 is 0 Å². The first-order chi connectivity index (χ1) is 9.31. The molecular formula is C14H23NO3S2. The smallest absolute Gasteiger partial charge is 0.217 e. The van der Waals surface area contributed by atoms with Gasteiger partial charge in [0, 0.05) is 16.4 Å². The number of rotatable bonds is 5. The Labute approximate surface area is 125 Å². The molecule has 0 saturated carbocycles. The van der Waals surface area contributed by atoms with Crippen LogP contribution in [-0.4, -0.2) is 26.9 Å². The normalized spacial score (nSPS) is 21.6. The summed E-state index contributed by atoms with van der Waals surface area (Å²) in [6.45, 7) is 9.04. The van der Waals surface area contributed by atoms with Gasteiger partial charge < -0.3 is 4.74 Å². The summed E-state index contributed by atoms with van der Waals surface area (Å²) in [6, 6.07) is 1.93. The highest BCUT2D eigenvalue weighted by Crippen LogP contribution is 2.32. The molecule has 1 aliphatic rings. The highest BCUT2D eigenvalue weighted by molar-refractivity contribution is 7.90. The van der Waals surface area contributed by atoms with Gasteiger partial charge in [-0.05, 0) is 37.8 Å². The van der Waals surface area contributed by atoms with Gasteiger partial charge in [0.25, 0.3) is 0 Å². The van der Waals surface area contributed by atoms with Gasteiger partial charge in [0.05, 0.1) is 12.6 Å². The molecule has 2 rings (SSSR count). The van der Waals surface area contributed by atoms with Crippen LogP contribution in [0.2, 0.25) is 0 Å². The Morgan fingerprint density at radius 3 is 2.55 bits per heavy atom. The Morgan fingerprint density at radius 2 is 2.10 bits per heavy atom. The van der Waals surface area contributed by atoms with Crippen molar-refractivity contribution in [3.63, 3.8) is 0 Å². The lowest BCUT2D eigenvalue weighted by Crippen LogP contribution is -2.39. The van der Waals surface area contributed by atoms with Gasteiger partial charge in [-0.1, -0.05) is 13.8 Å². The first-order valence-corrected chi connectivity index (χ1v) is 9.33. The molecule has 1 aromatic heterocycles. The van der Waals surface area contributed by atoms with Crippen molar-refractivity contribution in [1.82, 2.24) is 4.72 Å². The lowest BCUT2D eigenvalue weighted by molar-refractivity contribution is 0.198. The van der Waals surface area contributed by atoms with Gasteiger partial charge in [-0.2, -0.15) is 0 Å². The van der Waals surface area contributed by atoms with Crippen molar-refractivity contribution >= 4 is 21.4 Å². The van der Waals surface area contributed by atoms with E-state index in [4.69, 9.17) is 4.74 Å². The first-order valence-electron chi connectivity index (χ1n) is 6.97. The summed E-state index contributed by atoms with van der Waals surface area (Å²) in [5.41, 5.74) is 1.10. The van der Waals surface area contributed by atoms with Crippen LogP contribution in [0.25, 0.3) is 0 Å². The number of aryl methyl sites for hydroxylation is 2. The van der Waals surface area contributed by atoms with Gasteiger partial charge in [0.1, 0.15) is 5.25 Å². The van der Waals surface area contributed by atoms with Crippen molar-refractivity contribution in [2.45, 2.75) is 45.4 Å². The maximum absolute atomic E-state index is 12.5. The monoisotopic (exact) mass is 317 g/mol. The van der Waals surface area contributed by atoms with Crippen molar-refractivity contribution in [3.05, 3.63) is 21.4 Å². The molecule has 1 aromatic rings. The molecular weight excluding hydrogens is 294 g/mol. The van der Waals surface area contributed by atoms with Crippen molar-refractivity contribution in [3.8, 4) is 0 Å². The molecule has 0 aliphatic carbocycles. The molecule has 2 heterocycles. The van der Waals surface area contributed by atoms with E-state index in [1.54, 1.807) is 11.3 Å². The molecule has 2 atom stereocenters. The lowest BCUT2D eigenvalue weighted by Gasteiger charge is -2.24. The SMILES string of the molecule is Cc1cc([C@H](NS(=O)(=O)[C@H]2CCOC2)C(C)C)c(C)s1. The second-order valence-electron chi connectivity index (χ2n) is 5.74. The van der Waals surface area contributed by atoms with E-state index in [9.17, 15) is 8.42 Å². The summed E-state index contributed by atoms with van der Waals surface area (Å²) in [5, 5.41) is -0.413. The summed E-state index contributed by atoms with van der Waals surface area (Å²) < 4.78 is 33.0. The second-order valence-corrected chi connectivity index (χ2v) is 9.19. The Kier molecular flexibility index (Phi) is 4.89. The van der Waals surface area contributed by atoms with E-state index in [0.717, 1.165) is 5.56 Å². The molecule has 1 fully saturated rings. The summed E-state index contributed by atoms with van der Waals surface area (Å²) in [6.07, 6.45) is 0.585. The predicted octanol–water partition coefficient (Wildman–Crippen LogP) is 2.77. The van der Waals surface area contributed by atoms with E-state index in [1.807, 2.05) is 13.8 Å². The third-order valence-electron chi connectivity index (χ3n) is 3.70. The first kappa shape index (κ1) is 15.9. The van der Waals surface area contributed by atoms with Gasteiger partial charge in [0.2, 0.25) is 10.0 Å². The Balaban J connectivity index is 2.24. The third kappa shape index (κ3) is 3.42. The van der Waals surface area contributed by atoms with Crippen molar-refractivity contribution in [1.29, 1.82) is 0 Å². The number of hydrogen-bond acceptors (Lipinski definition) is 4. The van der Waals surface area contributed by atoms with E-state index in [1.165, 1.54) is 9.75 Å². The summed E-state index contributed by atoms with van der Waals surface area (Å²) in [7, 11) is -3.33. The van der Waals surface area contributed by atoms with E-state index in [-0.39, 0.29) is 12.0 Å². The van der Waals surface area contributed by atoms with Crippen LogP contribution in [0, 0.1) is 19.8 Å².